The van der Waals surface area contributed by atoms with Crippen molar-refractivity contribution in [2.24, 2.45) is 5.73 Å². The van der Waals surface area contributed by atoms with Crippen LogP contribution in [0, 0.1) is 0 Å². The summed E-state index contributed by atoms with van der Waals surface area (Å²) in [6, 6.07) is 17.2. The lowest BCUT2D eigenvalue weighted by Crippen LogP contribution is -2.34. The van der Waals surface area contributed by atoms with Crippen molar-refractivity contribution in [3.05, 3.63) is 87.4 Å². The molecular formula is C22H22N4O2S. The van der Waals surface area contributed by atoms with Gasteiger partial charge in [0.05, 0.1) is 6.20 Å². The van der Waals surface area contributed by atoms with Crippen molar-refractivity contribution in [2.45, 2.75) is 25.4 Å². The Balaban J connectivity index is 1.41. The third kappa shape index (κ3) is 4.14. The third-order valence-corrected chi connectivity index (χ3v) is 6.09. The first-order chi connectivity index (χ1) is 14.1. The first-order valence-electron chi connectivity index (χ1n) is 9.55. The van der Waals surface area contributed by atoms with Crippen LogP contribution in [0.25, 0.3) is 0 Å². The van der Waals surface area contributed by atoms with Gasteiger partial charge in [0.2, 0.25) is 0 Å². The van der Waals surface area contributed by atoms with E-state index in [9.17, 15) is 9.59 Å². The molecule has 0 aliphatic carbocycles. The number of urea groups is 1. The van der Waals surface area contributed by atoms with Gasteiger partial charge in [-0.2, -0.15) is 0 Å². The van der Waals surface area contributed by atoms with Crippen molar-refractivity contribution in [1.29, 1.82) is 0 Å². The number of benzene rings is 2. The summed E-state index contributed by atoms with van der Waals surface area (Å²) in [6.07, 6.45) is 3.36. The van der Waals surface area contributed by atoms with E-state index in [4.69, 9.17) is 5.73 Å². The van der Waals surface area contributed by atoms with Crippen LogP contribution >= 0.6 is 11.3 Å². The van der Waals surface area contributed by atoms with E-state index < -0.39 is 6.03 Å². The second kappa shape index (κ2) is 8.45. The molecule has 6 nitrogen and oxygen atoms in total. The number of carbonyl (C=O) groups is 2. The SMILES string of the molecule is NC(=O)N1Cc2ccccc2C1c1ncc(C(=O)NCCCc2ccccc2)s1. The van der Waals surface area contributed by atoms with Gasteiger partial charge >= 0.3 is 6.03 Å². The summed E-state index contributed by atoms with van der Waals surface area (Å²) < 4.78 is 0. The van der Waals surface area contributed by atoms with Crippen LogP contribution in [0.2, 0.25) is 0 Å². The molecule has 3 amide bonds. The molecule has 7 heteroatoms. The topological polar surface area (TPSA) is 88.3 Å². The summed E-state index contributed by atoms with van der Waals surface area (Å²) in [5, 5.41) is 3.65. The highest BCUT2D eigenvalue weighted by Gasteiger charge is 2.35. The molecule has 29 heavy (non-hydrogen) atoms. The van der Waals surface area contributed by atoms with Gasteiger partial charge in [0.25, 0.3) is 5.91 Å². The Morgan fingerprint density at radius 1 is 1.14 bits per heavy atom. The quantitative estimate of drug-likeness (QED) is 0.614. The molecule has 2 aromatic carbocycles. The lowest BCUT2D eigenvalue weighted by molar-refractivity contribution is 0.0957. The van der Waals surface area contributed by atoms with Crippen LogP contribution in [0.5, 0.6) is 0 Å². The Kier molecular flexibility index (Phi) is 5.57. The Bertz CT molecular complexity index is 1020. The van der Waals surface area contributed by atoms with Gasteiger partial charge in [-0.15, -0.1) is 11.3 Å². The van der Waals surface area contributed by atoms with Gasteiger partial charge in [-0.1, -0.05) is 54.6 Å². The van der Waals surface area contributed by atoms with E-state index in [-0.39, 0.29) is 11.9 Å². The maximum Gasteiger partial charge on any atom is 0.315 e. The standard InChI is InChI=1S/C22H22N4O2S/c23-22(28)26-14-16-10-4-5-11-17(16)19(26)21-25-13-18(29-21)20(27)24-12-6-9-15-7-2-1-3-8-15/h1-5,7-8,10-11,13,19H,6,9,12,14H2,(H2,23,28)(H,24,27). The van der Waals surface area contributed by atoms with Crippen molar-refractivity contribution >= 4 is 23.3 Å². The predicted molar refractivity (Wildman–Crippen MR) is 113 cm³/mol. The zero-order valence-corrected chi connectivity index (χ0v) is 16.7. The monoisotopic (exact) mass is 406 g/mol. The van der Waals surface area contributed by atoms with Gasteiger partial charge in [-0.3, -0.25) is 4.79 Å². The summed E-state index contributed by atoms with van der Waals surface area (Å²) in [7, 11) is 0. The number of carbonyl (C=O) groups excluding carboxylic acids is 2. The van der Waals surface area contributed by atoms with E-state index in [2.05, 4.69) is 22.4 Å². The van der Waals surface area contributed by atoms with Crippen molar-refractivity contribution in [1.82, 2.24) is 15.2 Å². The lowest BCUT2D eigenvalue weighted by atomic mass is 10.1. The summed E-state index contributed by atoms with van der Waals surface area (Å²) >= 11 is 1.30. The number of nitrogens with two attached hydrogens (primary N) is 1. The Hall–Kier alpha value is -3.19. The van der Waals surface area contributed by atoms with Crippen LogP contribution in [0.15, 0.2) is 60.8 Å². The van der Waals surface area contributed by atoms with Gasteiger partial charge < -0.3 is 16.0 Å². The summed E-state index contributed by atoms with van der Waals surface area (Å²) in [5.41, 5.74) is 8.91. The predicted octanol–water partition coefficient (Wildman–Crippen LogP) is 3.49. The Morgan fingerprint density at radius 2 is 1.90 bits per heavy atom. The van der Waals surface area contributed by atoms with E-state index in [0.717, 1.165) is 24.0 Å². The van der Waals surface area contributed by atoms with Gasteiger partial charge in [0.15, 0.2) is 0 Å². The average Bonchev–Trinajstić information content (AvgIpc) is 3.36. The maximum absolute atomic E-state index is 12.5. The molecule has 0 bridgehead atoms. The van der Waals surface area contributed by atoms with Crippen molar-refractivity contribution in [3.63, 3.8) is 0 Å². The maximum atomic E-state index is 12.5. The largest absolute Gasteiger partial charge is 0.351 e. The van der Waals surface area contributed by atoms with Gasteiger partial charge in [0.1, 0.15) is 15.9 Å². The molecule has 3 N–H and O–H groups in total. The van der Waals surface area contributed by atoms with E-state index in [1.54, 1.807) is 11.1 Å². The minimum Gasteiger partial charge on any atom is -0.351 e. The number of rotatable bonds is 6. The minimum absolute atomic E-state index is 0.140. The normalized spacial score (nSPS) is 15.2. The second-order valence-corrected chi connectivity index (χ2v) is 8.04. The van der Waals surface area contributed by atoms with Crippen LogP contribution in [-0.2, 0) is 13.0 Å². The zero-order chi connectivity index (χ0) is 20.2. The van der Waals surface area contributed by atoms with E-state index in [1.807, 2.05) is 42.5 Å². The zero-order valence-electron chi connectivity index (χ0n) is 15.9. The highest BCUT2D eigenvalue weighted by molar-refractivity contribution is 7.13. The number of hydrogen-bond donors (Lipinski definition) is 2. The Morgan fingerprint density at radius 3 is 2.69 bits per heavy atom. The van der Waals surface area contributed by atoms with Crippen LogP contribution in [-0.4, -0.2) is 28.4 Å². The molecule has 3 aromatic rings. The molecule has 0 radical (unpaired) electrons. The molecule has 4 rings (SSSR count). The number of nitrogens with zero attached hydrogens (tertiary/aromatic N) is 2. The fraction of sp³-hybridized carbons (Fsp3) is 0.227. The van der Waals surface area contributed by atoms with E-state index in [0.29, 0.717) is 23.0 Å². The third-order valence-electron chi connectivity index (χ3n) is 5.04. The van der Waals surface area contributed by atoms with E-state index in [1.165, 1.54) is 16.9 Å². The highest BCUT2D eigenvalue weighted by Crippen LogP contribution is 2.39. The van der Waals surface area contributed by atoms with Crippen molar-refractivity contribution in [2.75, 3.05) is 6.54 Å². The molecule has 0 fully saturated rings. The first-order valence-corrected chi connectivity index (χ1v) is 10.4. The molecule has 1 aromatic heterocycles. The molecule has 148 valence electrons. The van der Waals surface area contributed by atoms with Crippen LogP contribution in [0.3, 0.4) is 0 Å². The van der Waals surface area contributed by atoms with Crippen LogP contribution < -0.4 is 11.1 Å². The molecule has 1 aliphatic rings. The molecule has 2 heterocycles. The molecule has 1 atom stereocenters. The molecular weight excluding hydrogens is 384 g/mol. The number of nitrogens with one attached hydrogen (secondary N) is 1. The molecule has 0 saturated heterocycles. The molecule has 0 spiro atoms. The number of fused-ring (bicyclic) bond motifs is 1. The molecule has 1 unspecified atom stereocenters. The van der Waals surface area contributed by atoms with Gasteiger partial charge in [-0.05, 0) is 29.5 Å². The number of hydrogen-bond acceptors (Lipinski definition) is 4. The highest BCUT2D eigenvalue weighted by atomic mass is 32.1. The number of aromatic nitrogens is 1. The fourth-order valence-electron chi connectivity index (χ4n) is 3.60. The lowest BCUT2D eigenvalue weighted by Gasteiger charge is -2.21. The minimum atomic E-state index is -0.492. The number of thiazole rings is 1. The smallest absolute Gasteiger partial charge is 0.315 e. The summed E-state index contributed by atoms with van der Waals surface area (Å²) in [4.78, 5) is 31.0. The van der Waals surface area contributed by atoms with Crippen molar-refractivity contribution < 1.29 is 9.59 Å². The summed E-state index contributed by atoms with van der Waals surface area (Å²) in [5.74, 6) is -0.140. The Labute approximate surface area is 173 Å². The number of primary amides is 1. The van der Waals surface area contributed by atoms with Crippen LogP contribution in [0.1, 0.15) is 43.8 Å². The first kappa shape index (κ1) is 19.1. The number of aryl methyl sites for hydroxylation is 1. The molecule has 1 aliphatic heterocycles. The van der Waals surface area contributed by atoms with Crippen LogP contribution in [0.4, 0.5) is 4.79 Å². The average molecular weight is 407 g/mol. The molecule has 0 saturated carbocycles. The van der Waals surface area contributed by atoms with Gasteiger partial charge in [-0.25, -0.2) is 9.78 Å². The fourth-order valence-corrected chi connectivity index (χ4v) is 4.57. The second-order valence-electron chi connectivity index (χ2n) is 6.98. The van der Waals surface area contributed by atoms with Crippen molar-refractivity contribution in [3.8, 4) is 0 Å². The number of amides is 3. The van der Waals surface area contributed by atoms with Gasteiger partial charge in [0, 0.05) is 13.1 Å². The van der Waals surface area contributed by atoms with E-state index >= 15 is 0 Å². The summed E-state index contributed by atoms with van der Waals surface area (Å²) in [6.45, 7) is 1.05.